The summed E-state index contributed by atoms with van der Waals surface area (Å²) in [6.45, 7) is 3.34. The SMILES string of the molecule is C/C(N)=C(/C=N)C1CCCN(c2ccnc(-c3cnc4cnc(C(F)F)cn34)n2)C1.[HH]. The van der Waals surface area contributed by atoms with E-state index in [-0.39, 0.29) is 13.0 Å². The first kappa shape index (κ1) is 19.9. The van der Waals surface area contributed by atoms with E-state index in [4.69, 9.17) is 11.1 Å². The number of imidazole rings is 1. The molecule has 1 fully saturated rings. The minimum absolute atomic E-state index is 0. The Balaban J connectivity index is 0.00000272. The maximum atomic E-state index is 13.1. The van der Waals surface area contributed by atoms with Crippen LogP contribution >= 0.6 is 0 Å². The highest BCUT2D eigenvalue weighted by Crippen LogP contribution is 2.28. The van der Waals surface area contributed by atoms with Crippen LogP contribution < -0.4 is 10.6 Å². The molecule has 30 heavy (non-hydrogen) atoms. The molecule has 0 aromatic carbocycles. The van der Waals surface area contributed by atoms with Gasteiger partial charge in [-0.25, -0.2) is 28.7 Å². The summed E-state index contributed by atoms with van der Waals surface area (Å²) in [6.07, 6.45) is 6.35. The number of nitrogens with zero attached hydrogens (tertiary/aromatic N) is 6. The van der Waals surface area contributed by atoms with Gasteiger partial charge in [0.25, 0.3) is 6.43 Å². The number of aromatic nitrogens is 5. The summed E-state index contributed by atoms with van der Waals surface area (Å²) in [5.74, 6) is 1.29. The van der Waals surface area contributed by atoms with E-state index in [0.717, 1.165) is 30.8 Å². The number of rotatable bonds is 5. The van der Waals surface area contributed by atoms with E-state index in [0.29, 0.717) is 29.4 Å². The predicted octanol–water partition coefficient (Wildman–Crippen LogP) is 3.47. The second-order valence-corrected chi connectivity index (χ2v) is 7.29. The summed E-state index contributed by atoms with van der Waals surface area (Å²) in [7, 11) is 0. The average Bonchev–Trinajstić information content (AvgIpc) is 3.17. The van der Waals surface area contributed by atoms with Crippen molar-refractivity contribution in [3.8, 4) is 11.5 Å². The lowest BCUT2D eigenvalue weighted by Crippen LogP contribution is -2.37. The van der Waals surface area contributed by atoms with E-state index in [1.54, 1.807) is 12.4 Å². The number of hydrogen-bond acceptors (Lipinski definition) is 7. The molecule has 158 valence electrons. The first-order chi connectivity index (χ1) is 14.5. The number of allylic oxidation sites excluding steroid dienone is 1. The first-order valence-electron chi connectivity index (χ1n) is 9.64. The van der Waals surface area contributed by atoms with Gasteiger partial charge in [0.05, 0.1) is 12.4 Å². The molecule has 0 saturated carbocycles. The van der Waals surface area contributed by atoms with Gasteiger partial charge in [0.15, 0.2) is 11.5 Å². The molecule has 1 aliphatic heterocycles. The third kappa shape index (κ3) is 3.72. The van der Waals surface area contributed by atoms with Crippen LogP contribution in [0.25, 0.3) is 17.2 Å². The summed E-state index contributed by atoms with van der Waals surface area (Å²) in [5.41, 5.74) is 8.09. The van der Waals surface area contributed by atoms with Crippen molar-refractivity contribution >= 4 is 17.7 Å². The van der Waals surface area contributed by atoms with Crippen LogP contribution in [-0.2, 0) is 0 Å². The smallest absolute Gasteiger partial charge is 0.281 e. The van der Waals surface area contributed by atoms with E-state index < -0.39 is 6.43 Å². The van der Waals surface area contributed by atoms with Crippen LogP contribution in [0.3, 0.4) is 0 Å². The molecule has 1 atom stereocenters. The van der Waals surface area contributed by atoms with Crippen molar-refractivity contribution in [3.63, 3.8) is 0 Å². The van der Waals surface area contributed by atoms with Gasteiger partial charge < -0.3 is 16.0 Å². The Kier molecular flexibility index (Phi) is 5.39. The minimum atomic E-state index is -2.68. The molecule has 4 rings (SSSR count). The van der Waals surface area contributed by atoms with Gasteiger partial charge in [0, 0.05) is 44.7 Å². The van der Waals surface area contributed by atoms with Crippen LogP contribution in [0.2, 0.25) is 0 Å². The third-order valence-corrected chi connectivity index (χ3v) is 5.31. The molecule has 0 aliphatic carbocycles. The Morgan fingerprint density at radius 1 is 1.33 bits per heavy atom. The molecular weight excluding hydrogens is 390 g/mol. The van der Waals surface area contributed by atoms with E-state index >= 15 is 0 Å². The van der Waals surface area contributed by atoms with Gasteiger partial charge in [-0.05, 0) is 31.4 Å². The number of anilines is 1. The van der Waals surface area contributed by atoms with E-state index in [1.807, 2.05) is 13.0 Å². The molecule has 1 aliphatic rings. The molecule has 4 heterocycles. The lowest BCUT2D eigenvalue weighted by Gasteiger charge is -2.34. The van der Waals surface area contributed by atoms with Crippen molar-refractivity contribution in [1.29, 1.82) is 5.41 Å². The van der Waals surface area contributed by atoms with Crippen molar-refractivity contribution in [2.45, 2.75) is 26.2 Å². The average molecular weight is 414 g/mol. The van der Waals surface area contributed by atoms with E-state index in [2.05, 4.69) is 24.8 Å². The molecule has 0 bridgehead atoms. The van der Waals surface area contributed by atoms with Crippen LogP contribution in [0.15, 0.2) is 42.1 Å². The number of piperidine rings is 1. The molecule has 8 nitrogen and oxygen atoms in total. The van der Waals surface area contributed by atoms with Crippen LogP contribution in [-0.4, -0.2) is 43.6 Å². The van der Waals surface area contributed by atoms with Crippen LogP contribution in [0, 0.1) is 11.3 Å². The maximum absolute atomic E-state index is 13.1. The zero-order valence-corrected chi connectivity index (χ0v) is 16.5. The predicted molar refractivity (Wildman–Crippen MR) is 112 cm³/mol. The molecule has 0 spiro atoms. The monoisotopic (exact) mass is 414 g/mol. The Labute approximate surface area is 173 Å². The second-order valence-electron chi connectivity index (χ2n) is 7.29. The number of nitrogens with one attached hydrogen (secondary N) is 1. The fourth-order valence-electron chi connectivity index (χ4n) is 3.82. The van der Waals surface area contributed by atoms with Gasteiger partial charge in [0.1, 0.15) is 17.2 Å². The Hall–Kier alpha value is -3.43. The molecule has 0 radical (unpaired) electrons. The fourth-order valence-corrected chi connectivity index (χ4v) is 3.82. The fraction of sp³-hybridized carbons (Fsp3) is 0.350. The lowest BCUT2D eigenvalue weighted by molar-refractivity contribution is 0.145. The zero-order valence-electron chi connectivity index (χ0n) is 16.5. The molecule has 10 heteroatoms. The van der Waals surface area contributed by atoms with Gasteiger partial charge in [-0.3, -0.25) is 4.40 Å². The minimum Gasteiger partial charge on any atom is -0.402 e. The summed E-state index contributed by atoms with van der Waals surface area (Å²) in [6, 6.07) is 1.82. The number of halogens is 2. The Morgan fingerprint density at radius 3 is 2.90 bits per heavy atom. The largest absolute Gasteiger partial charge is 0.402 e. The third-order valence-electron chi connectivity index (χ3n) is 5.31. The lowest BCUT2D eigenvalue weighted by atomic mass is 9.90. The molecule has 3 aromatic heterocycles. The zero-order chi connectivity index (χ0) is 21.3. The number of hydrogen-bond donors (Lipinski definition) is 2. The van der Waals surface area contributed by atoms with Crippen molar-refractivity contribution < 1.29 is 10.2 Å². The summed E-state index contributed by atoms with van der Waals surface area (Å²) in [4.78, 5) is 19.1. The standard InChI is InChI=1S/C20H22F2N8.H2/c1-12(24)14(7-23)13-3-2-6-29(10-13)17-4-5-25-20(28-17)16-8-27-18-9-26-15(19(21)22)11-30(16)18;/h4-5,7-9,11,13,19,23H,2-3,6,10,24H2,1H3;1H/b14-12+,23-7?;. The van der Waals surface area contributed by atoms with Crippen molar-refractivity contribution in [2.75, 3.05) is 18.0 Å². The molecule has 1 saturated heterocycles. The summed E-state index contributed by atoms with van der Waals surface area (Å²) in [5, 5.41) is 7.67. The quantitative estimate of drug-likeness (QED) is 0.619. The normalized spacial score (nSPS) is 18.0. The highest BCUT2D eigenvalue weighted by atomic mass is 19.3. The molecule has 1 unspecified atom stereocenters. The second kappa shape index (κ2) is 8.13. The molecule has 3 aromatic rings. The van der Waals surface area contributed by atoms with Gasteiger partial charge >= 0.3 is 0 Å². The van der Waals surface area contributed by atoms with Crippen LogP contribution in [0.1, 0.15) is 33.3 Å². The molecule has 0 amide bonds. The first-order valence-corrected chi connectivity index (χ1v) is 9.64. The molecule has 3 N–H and O–H groups in total. The summed E-state index contributed by atoms with van der Waals surface area (Å²) >= 11 is 0. The van der Waals surface area contributed by atoms with Crippen molar-refractivity contribution in [2.24, 2.45) is 11.7 Å². The molecular formula is C20H24F2N8. The number of nitrogens with two attached hydrogens (primary N) is 1. The Bertz CT molecular complexity index is 1110. The topological polar surface area (TPSA) is 109 Å². The summed E-state index contributed by atoms with van der Waals surface area (Å²) < 4.78 is 27.7. The van der Waals surface area contributed by atoms with Gasteiger partial charge in [-0.1, -0.05) is 0 Å². The van der Waals surface area contributed by atoms with Crippen LogP contribution in [0.5, 0.6) is 0 Å². The maximum Gasteiger partial charge on any atom is 0.281 e. The number of alkyl halides is 2. The van der Waals surface area contributed by atoms with Crippen LogP contribution in [0.4, 0.5) is 14.6 Å². The number of fused-ring (bicyclic) bond motifs is 1. The Morgan fingerprint density at radius 2 is 2.17 bits per heavy atom. The van der Waals surface area contributed by atoms with E-state index in [9.17, 15) is 8.78 Å². The van der Waals surface area contributed by atoms with Gasteiger partial charge in [-0.2, -0.15) is 0 Å². The highest BCUT2D eigenvalue weighted by molar-refractivity contribution is 5.77. The highest BCUT2D eigenvalue weighted by Gasteiger charge is 2.24. The van der Waals surface area contributed by atoms with E-state index in [1.165, 1.54) is 23.0 Å². The van der Waals surface area contributed by atoms with Gasteiger partial charge in [0.2, 0.25) is 0 Å². The van der Waals surface area contributed by atoms with Gasteiger partial charge in [-0.15, -0.1) is 0 Å². The van der Waals surface area contributed by atoms with Crippen molar-refractivity contribution in [1.82, 2.24) is 24.3 Å². The van der Waals surface area contributed by atoms with Crippen molar-refractivity contribution in [3.05, 3.63) is 47.8 Å².